The maximum absolute atomic E-state index is 12.8. The molecule has 0 radical (unpaired) electrons. The summed E-state index contributed by atoms with van der Waals surface area (Å²) in [6.45, 7) is 3.61. The largest absolute Gasteiger partial charge is 0.337 e. The molecule has 4 rings (SSSR count). The summed E-state index contributed by atoms with van der Waals surface area (Å²) in [5.41, 5.74) is 2.53. The van der Waals surface area contributed by atoms with E-state index in [0.29, 0.717) is 6.54 Å². The molecule has 2 aromatic rings. The number of carbonyl (C=O) groups excluding carboxylic acids is 1. The third-order valence-electron chi connectivity index (χ3n) is 4.61. The van der Waals surface area contributed by atoms with Gasteiger partial charge in [0.05, 0.1) is 11.8 Å². The predicted molar refractivity (Wildman–Crippen MR) is 89.3 cm³/mol. The molecule has 0 aliphatic carbocycles. The van der Waals surface area contributed by atoms with Gasteiger partial charge in [0.25, 0.3) is 0 Å². The van der Waals surface area contributed by atoms with Crippen LogP contribution in [0.5, 0.6) is 0 Å². The van der Waals surface area contributed by atoms with Crippen LogP contribution in [-0.2, 0) is 30.7 Å². The molecule has 2 aliphatic heterocycles. The summed E-state index contributed by atoms with van der Waals surface area (Å²) >= 11 is 1.69. The molecule has 1 aromatic heterocycles. The molecule has 120 valence electrons. The second-order valence-electron chi connectivity index (χ2n) is 6.40. The Labute approximate surface area is 140 Å². The molecule has 6 heteroatoms. The molecule has 0 saturated carbocycles. The molecule has 0 unspecified atom stereocenters. The van der Waals surface area contributed by atoms with Gasteiger partial charge in [-0.1, -0.05) is 17.7 Å². The first-order valence-corrected chi connectivity index (χ1v) is 8.92. The normalized spacial score (nSPS) is 18.8. The van der Waals surface area contributed by atoms with Crippen LogP contribution in [0, 0.1) is 6.92 Å². The van der Waals surface area contributed by atoms with E-state index in [0.717, 1.165) is 37.5 Å². The highest BCUT2D eigenvalue weighted by atomic mass is 32.2. The van der Waals surface area contributed by atoms with Crippen molar-refractivity contribution in [3.05, 3.63) is 41.0 Å². The molecule has 5 nitrogen and oxygen atoms in total. The minimum atomic E-state index is -0.0160. The molecule has 1 amide bonds. The summed E-state index contributed by atoms with van der Waals surface area (Å²) in [6.07, 6.45) is 2.95. The van der Waals surface area contributed by atoms with Gasteiger partial charge in [0.1, 0.15) is 5.82 Å². The summed E-state index contributed by atoms with van der Waals surface area (Å²) < 4.78 is 2.16. The van der Waals surface area contributed by atoms with Crippen LogP contribution in [-0.4, -0.2) is 37.9 Å². The summed E-state index contributed by atoms with van der Waals surface area (Å²) in [5, 5.41) is 8.45. The molecule has 0 bridgehead atoms. The fraction of sp³-hybridized carbons (Fsp3) is 0.471. The number of amides is 1. The van der Waals surface area contributed by atoms with E-state index in [1.807, 2.05) is 7.05 Å². The van der Waals surface area contributed by atoms with E-state index in [1.54, 1.807) is 16.7 Å². The second-order valence-corrected chi connectivity index (χ2v) is 7.65. The van der Waals surface area contributed by atoms with Crippen molar-refractivity contribution in [3.63, 3.8) is 0 Å². The minimum Gasteiger partial charge on any atom is -0.337 e. The first kappa shape index (κ1) is 14.8. The molecule has 0 fully saturated rings. The van der Waals surface area contributed by atoms with Gasteiger partial charge in [0, 0.05) is 24.9 Å². The van der Waals surface area contributed by atoms with Crippen LogP contribution >= 0.6 is 11.8 Å². The van der Waals surface area contributed by atoms with Gasteiger partial charge in [0.2, 0.25) is 5.91 Å². The topological polar surface area (TPSA) is 51.0 Å². The van der Waals surface area contributed by atoms with Gasteiger partial charge in [-0.3, -0.25) is 4.79 Å². The Morgan fingerprint density at radius 3 is 3.17 bits per heavy atom. The maximum atomic E-state index is 12.8. The highest BCUT2D eigenvalue weighted by Gasteiger charge is 2.31. The number of rotatable bonds is 3. The van der Waals surface area contributed by atoms with Crippen molar-refractivity contribution in [2.45, 2.75) is 49.4 Å². The Morgan fingerprint density at radius 2 is 2.30 bits per heavy atom. The van der Waals surface area contributed by atoms with Crippen molar-refractivity contribution in [2.24, 2.45) is 0 Å². The second kappa shape index (κ2) is 5.67. The molecular weight excluding hydrogens is 308 g/mol. The fourth-order valence-corrected chi connectivity index (χ4v) is 4.74. The maximum Gasteiger partial charge on any atom is 0.236 e. The Hall–Kier alpha value is -1.82. The number of fused-ring (bicyclic) bond motifs is 2. The zero-order chi connectivity index (χ0) is 16.0. The minimum absolute atomic E-state index is 0.0160. The van der Waals surface area contributed by atoms with E-state index in [9.17, 15) is 4.79 Å². The molecule has 0 spiro atoms. The highest BCUT2D eigenvalue weighted by molar-refractivity contribution is 8.01. The third-order valence-corrected chi connectivity index (χ3v) is 5.90. The van der Waals surface area contributed by atoms with Gasteiger partial charge in [-0.25, -0.2) is 0 Å². The van der Waals surface area contributed by atoms with E-state index in [2.05, 4.69) is 39.9 Å². The van der Waals surface area contributed by atoms with Gasteiger partial charge < -0.3 is 9.47 Å². The van der Waals surface area contributed by atoms with Crippen LogP contribution in [0.1, 0.15) is 29.2 Å². The van der Waals surface area contributed by atoms with Crippen molar-refractivity contribution in [2.75, 3.05) is 7.05 Å². The van der Waals surface area contributed by atoms with E-state index in [1.165, 1.54) is 16.0 Å². The van der Waals surface area contributed by atoms with E-state index in [-0.39, 0.29) is 11.2 Å². The lowest BCUT2D eigenvalue weighted by Gasteiger charge is -2.20. The predicted octanol–water partition coefficient (Wildman–Crippen LogP) is 2.21. The molecule has 0 N–H and O–H groups in total. The van der Waals surface area contributed by atoms with Crippen molar-refractivity contribution < 1.29 is 4.79 Å². The van der Waals surface area contributed by atoms with Crippen LogP contribution in [0.2, 0.25) is 0 Å². The molecule has 0 saturated heterocycles. The molecule has 1 aromatic carbocycles. The lowest BCUT2D eigenvalue weighted by molar-refractivity contribution is -0.129. The van der Waals surface area contributed by atoms with E-state index >= 15 is 0 Å². The summed E-state index contributed by atoms with van der Waals surface area (Å²) in [4.78, 5) is 15.8. The van der Waals surface area contributed by atoms with Crippen LogP contribution in [0.4, 0.5) is 0 Å². The summed E-state index contributed by atoms with van der Waals surface area (Å²) in [7, 11) is 1.87. The molecule has 2 aliphatic rings. The Morgan fingerprint density at radius 1 is 1.43 bits per heavy atom. The number of nitrogens with zero attached hydrogens (tertiary/aromatic N) is 4. The number of hydrogen-bond donors (Lipinski definition) is 0. The Bertz CT molecular complexity index is 770. The van der Waals surface area contributed by atoms with Gasteiger partial charge >= 0.3 is 0 Å². The van der Waals surface area contributed by atoms with Gasteiger partial charge in [-0.05, 0) is 31.4 Å². The Balaban J connectivity index is 1.45. The van der Waals surface area contributed by atoms with Crippen molar-refractivity contribution in [1.29, 1.82) is 0 Å². The quantitative estimate of drug-likeness (QED) is 0.867. The fourth-order valence-electron chi connectivity index (χ4n) is 3.34. The van der Waals surface area contributed by atoms with E-state index < -0.39 is 0 Å². The highest BCUT2D eigenvalue weighted by Crippen LogP contribution is 2.38. The van der Waals surface area contributed by atoms with Crippen LogP contribution in [0.25, 0.3) is 0 Å². The number of hydrogen-bond acceptors (Lipinski definition) is 4. The zero-order valence-corrected chi connectivity index (χ0v) is 14.3. The lowest BCUT2D eigenvalue weighted by atomic mass is 10.1. The molecule has 23 heavy (non-hydrogen) atoms. The number of thioether (sulfide) groups is 1. The summed E-state index contributed by atoms with van der Waals surface area (Å²) in [6, 6.07) is 6.45. The van der Waals surface area contributed by atoms with E-state index in [4.69, 9.17) is 0 Å². The average molecular weight is 328 g/mol. The smallest absolute Gasteiger partial charge is 0.236 e. The first-order chi connectivity index (χ1) is 11.1. The third kappa shape index (κ3) is 2.65. The van der Waals surface area contributed by atoms with Gasteiger partial charge in [-0.2, -0.15) is 0 Å². The number of aromatic nitrogens is 3. The van der Waals surface area contributed by atoms with Crippen molar-refractivity contribution >= 4 is 17.7 Å². The average Bonchev–Trinajstić information content (AvgIpc) is 3.22. The van der Waals surface area contributed by atoms with Gasteiger partial charge in [-0.15, -0.1) is 22.0 Å². The van der Waals surface area contributed by atoms with Crippen molar-refractivity contribution in [3.8, 4) is 0 Å². The van der Waals surface area contributed by atoms with Crippen molar-refractivity contribution in [1.82, 2.24) is 19.7 Å². The first-order valence-electron chi connectivity index (χ1n) is 8.04. The molecular formula is C17H20N4OS. The number of aryl methyl sites for hydroxylation is 2. The molecule has 3 heterocycles. The van der Waals surface area contributed by atoms with Crippen LogP contribution < -0.4 is 0 Å². The zero-order valence-electron chi connectivity index (χ0n) is 13.5. The van der Waals surface area contributed by atoms with Crippen LogP contribution in [0.15, 0.2) is 23.1 Å². The van der Waals surface area contributed by atoms with Gasteiger partial charge in [0.15, 0.2) is 5.82 Å². The standard InChI is InChI=1S/C17H20N4OS/c1-11-5-6-12-9-14(23-13(12)8-11)17(22)20(2)10-16-19-18-15-4-3-7-21(15)16/h5-6,8,14H,3-4,7,9-10H2,1-2H3/t14-/m0/s1. The number of benzene rings is 1. The lowest BCUT2D eigenvalue weighted by Crippen LogP contribution is -2.34. The monoisotopic (exact) mass is 328 g/mol. The van der Waals surface area contributed by atoms with Crippen LogP contribution in [0.3, 0.4) is 0 Å². The molecule has 1 atom stereocenters. The Kier molecular flexibility index (Phi) is 3.64. The SMILES string of the molecule is Cc1ccc2c(c1)S[C@H](C(=O)N(C)Cc1nnc3n1CCC3)C2. The number of carbonyl (C=O) groups is 1. The summed E-state index contributed by atoms with van der Waals surface area (Å²) in [5.74, 6) is 2.14.